The van der Waals surface area contributed by atoms with Gasteiger partial charge >= 0.3 is 0 Å². The number of hydrogen-bond donors (Lipinski definition) is 2. The van der Waals surface area contributed by atoms with Crippen LogP contribution < -0.4 is 5.73 Å². The molecule has 1 heterocycles. The Labute approximate surface area is 113 Å². The van der Waals surface area contributed by atoms with E-state index in [0.717, 1.165) is 13.1 Å². The highest BCUT2D eigenvalue weighted by Crippen LogP contribution is 2.01. The van der Waals surface area contributed by atoms with Gasteiger partial charge in [0.25, 0.3) is 0 Å². The highest BCUT2D eigenvalue weighted by atomic mass is 16.5. The van der Waals surface area contributed by atoms with Gasteiger partial charge in [-0.1, -0.05) is 0 Å². The number of morpholine rings is 1. The third kappa shape index (κ3) is 8.47. The Bertz CT molecular complexity index is 375. The number of nitrogens with zero attached hydrogens (tertiary/aromatic N) is 3. The van der Waals surface area contributed by atoms with Crippen molar-refractivity contribution in [1.29, 1.82) is 15.9 Å². The molecule has 0 atom stereocenters. The molecule has 3 N–H and O–H groups in total. The first-order valence-corrected chi connectivity index (χ1v) is 5.90. The van der Waals surface area contributed by atoms with E-state index in [1.54, 1.807) is 13.0 Å². The standard InChI is InChI=1S/C7H11N3O.C5H8N2O/c8-2-1-7(9)10-3-5-11-6-4-10;1-2-8-5(7)3-4-6/h1H,3-6,9H2;7H,2-3H2,1H3. The minimum Gasteiger partial charge on any atom is -0.481 e. The van der Waals surface area contributed by atoms with Crippen LogP contribution in [0.4, 0.5) is 0 Å². The number of nitriles is 2. The summed E-state index contributed by atoms with van der Waals surface area (Å²) in [5, 5.41) is 23.1. The summed E-state index contributed by atoms with van der Waals surface area (Å²) in [7, 11) is 0. The van der Waals surface area contributed by atoms with Crippen molar-refractivity contribution in [3.05, 3.63) is 11.9 Å². The average Bonchev–Trinajstić information content (AvgIpc) is 2.41. The van der Waals surface area contributed by atoms with Crippen LogP contribution >= 0.6 is 0 Å². The van der Waals surface area contributed by atoms with Crippen LogP contribution in [0.1, 0.15) is 13.3 Å². The van der Waals surface area contributed by atoms with E-state index in [1.807, 2.05) is 11.0 Å². The van der Waals surface area contributed by atoms with Crippen molar-refractivity contribution in [2.75, 3.05) is 32.9 Å². The topological polar surface area (TPSA) is 119 Å². The zero-order valence-electron chi connectivity index (χ0n) is 11.1. The molecular formula is C12H19N5O2. The quantitative estimate of drug-likeness (QED) is 0.437. The maximum Gasteiger partial charge on any atom is 0.194 e. The smallest absolute Gasteiger partial charge is 0.194 e. The highest BCUT2D eigenvalue weighted by molar-refractivity contribution is 5.74. The summed E-state index contributed by atoms with van der Waals surface area (Å²) in [5.74, 6) is 0.589. The summed E-state index contributed by atoms with van der Waals surface area (Å²) in [6, 6.07) is 3.70. The molecule has 1 aliphatic heterocycles. The minimum absolute atomic E-state index is 0.0509. The molecule has 0 aromatic rings. The zero-order chi connectivity index (χ0) is 14.5. The van der Waals surface area contributed by atoms with Crippen LogP contribution in [0.2, 0.25) is 0 Å². The fourth-order valence-electron chi connectivity index (χ4n) is 1.28. The molecular weight excluding hydrogens is 246 g/mol. The van der Waals surface area contributed by atoms with Gasteiger partial charge < -0.3 is 20.1 Å². The van der Waals surface area contributed by atoms with E-state index >= 15 is 0 Å². The van der Waals surface area contributed by atoms with Crippen molar-refractivity contribution in [2.45, 2.75) is 13.3 Å². The monoisotopic (exact) mass is 265 g/mol. The van der Waals surface area contributed by atoms with E-state index in [1.165, 1.54) is 6.08 Å². The number of allylic oxidation sites excluding steroid dienone is 1. The summed E-state index contributed by atoms with van der Waals surface area (Å²) >= 11 is 0. The van der Waals surface area contributed by atoms with Crippen LogP contribution in [0, 0.1) is 28.1 Å². The Kier molecular flexibility index (Phi) is 9.59. The Morgan fingerprint density at radius 2 is 2.11 bits per heavy atom. The van der Waals surface area contributed by atoms with Crippen molar-refractivity contribution in [3.8, 4) is 12.1 Å². The average molecular weight is 265 g/mol. The Morgan fingerprint density at radius 3 is 2.58 bits per heavy atom. The van der Waals surface area contributed by atoms with E-state index < -0.39 is 0 Å². The van der Waals surface area contributed by atoms with E-state index in [4.69, 9.17) is 26.4 Å². The van der Waals surface area contributed by atoms with Gasteiger partial charge in [0.05, 0.1) is 38.0 Å². The summed E-state index contributed by atoms with van der Waals surface area (Å²) in [6.45, 7) is 5.21. The summed E-state index contributed by atoms with van der Waals surface area (Å²) in [4.78, 5) is 1.94. The van der Waals surface area contributed by atoms with Gasteiger partial charge in [-0.15, -0.1) is 0 Å². The molecule has 0 unspecified atom stereocenters. The molecule has 0 aliphatic carbocycles. The van der Waals surface area contributed by atoms with Crippen molar-refractivity contribution in [3.63, 3.8) is 0 Å². The molecule has 0 bridgehead atoms. The summed E-state index contributed by atoms with van der Waals surface area (Å²) < 4.78 is 9.76. The molecule has 7 nitrogen and oxygen atoms in total. The van der Waals surface area contributed by atoms with Crippen molar-refractivity contribution >= 4 is 5.90 Å². The van der Waals surface area contributed by atoms with Gasteiger partial charge in [0.2, 0.25) is 0 Å². The normalized spacial score (nSPS) is 14.5. The number of nitrogens with two attached hydrogens (primary N) is 1. The third-order valence-corrected chi connectivity index (χ3v) is 2.15. The van der Waals surface area contributed by atoms with E-state index in [2.05, 4.69) is 4.74 Å². The zero-order valence-corrected chi connectivity index (χ0v) is 11.1. The molecule has 0 amide bonds. The second-order valence-electron chi connectivity index (χ2n) is 3.49. The maximum atomic E-state index is 8.30. The SMILES string of the molecule is CCOC(=N)CC#N.N#CC=C(N)N1CCOCC1. The van der Waals surface area contributed by atoms with Crippen molar-refractivity contribution < 1.29 is 9.47 Å². The number of nitrogens with one attached hydrogen (secondary N) is 1. The van der Waals surface area contributed by atoms with Gasteiger partial charge in [0, 0.05) is 13.1 Å². The van der Waals surface area contributed by atoms with Crippen molar-refractivity contribution in [1.82, 2.24) is 4.90 Å². The lowest BCUT2D eigenvalue weighted by atomic mass is 10.4. The largest absolute Gasteiger partial charge is 0.481 e. The first-order chi connectivity index (χ1) is 9.15. The molecule has 7 heteroatoms. The van der Waals surface area contributed by atoms with Crippen LogP contribution in [0.3, 0.4) is 0 Å². The van der Waals surface area contributed by atoms with Gasteiger partial charge in [-0.2, -0.15) is 10.5 Å². The van der Waals surface area contributed by atoms with Crippen LogP contribution in [0.15, 0.2) is 11.9 Å². The lowest BCUT2D eigenvalue weighted by molar-refractivity contribution is 0.0530. The molecule has 1 rings (SSSR count). The van der Waals surface area contributed by atoms with E-state index in [0.29, 0.717) is 25.6 Å². The summed E-state index contributed by atoms with van der Waals surface area (Å²) in [5.41, 5.74) is 5.57. The third-order valence-electron chi connectivity index (χ3n) is 2.15. The molecule has 1 aliphatic rings. The van der Waals surface area contributed by atoms with E-state index in [9.17, 15) is 0 Å². The molecule has 104 valence electrons. The van der Waals surface area contributed by atoms with Crippen LogP contribution in [-0.4, -0.2) is 43.7 Å². The lowest BCUT2D eigenvalue weighted by Crippen LogP contribution is -2.38. The molecule has 1 saturated heterocycles. The molecule has 0 spiro atoms. The molecule has 0 radical (unpaired) electrons. The molecule has 19 heavy (non-hydrogen) atoms. The number of ether oxygens (including phenoxy) is 2. The number of rotatable bonds is 3. The Balaban J connectivity index is 0.000000362. The van der Waals surface area contributed by atoms with E-state index in [-0.39, 0.29) is 12.3 Å². The number of hydrogen-bond acceptors (Lipinski definition) is 7. The molecule has 1 fully saturated rings. The second-order valence-corrected chi connectivity index (χ2v) is 3.49. The molecule has 0 saturated carbocycles. The molecule has 0 aromatic carbocycles. The van der Waals surface area contributed by atoms with Gasteiger partial charge in [0.1, 0.15) is 12.2 Å². The van der Waals surface area contributed by atoms with Gasteiger partial charge in [-0.05, 0) is 6.92 Å². The van der Waals surface area contributed by atoms with Crippen LogP contribution in [0.25, 0.3) is 0 Å². The summed E-state index contributed by atoms with van der Waals surface area (Å²) in [6.07, 6.45) is 1.43. The predicted molar refractivity (Wildman–Crippen MR) is 69.9 cm³/mol. The Hall–Kier alpha value is -2.25. The maximum absolute atomic E-state index is 8.30. The fraction of sp³-hybridized carbons (Fsp3) is 0.583. The molecule has 0 aromatic heterocycles. The lowest BCUT2D eigenvalue weighted by Gasteiger charge is -2.28. The van der Waals surface area contributed by atoms with Gasteiger partial charge in [0.15, 0.2) is 5.90 Å². The highest BCUT2D eigenvalue weighted by Gasteiger charge is 2.09. The van der Waals surface area contributed by atoms with Gasteiger partial charge in [-0.25, -0.2) is 0 Å². The van der Waals surface area contributed by atoms with Crippen molar-refractivity contribution in [2.24, 2.45) is 5.73 Å². The van der Waals surface area contributed by atoms with Crippen LogP contribution in [-0.2, 0) is 9.47 Å². The first-order valence-electron chi connectivity index (χ1n) is 5.90. The van der Waals surface area contributed by atoms with Gasteiger partial charge in [-0.3, -0.25) is 5.41 Å². The fourth-order valence-corrected chi connectivity index (χ4v) is 1.28. The van der Waals surface area contributed by atoms with Crippen LogP contribution in [0.5, 0.6) is 0 Å². The first kappa shape index (κ1) is 16.8. The minimum atomic E-state index is 0.0509. The predicted octanol–water partition coefficient (Wildman–Crippen LogP) is 0.556. The second kappa shape index (κ2) is 10.9. The Morgan fingerprint density at radius 1 is 1.47 bits per heavy atom.